The number of nitrogens with zero attached hydrogens (tertiary/aromatic N) is 2. The van der Waals surface area contributed by atoms with Gasteiger partial charge in [0, 0.05) is 13.1 Å². The lowest BCUT2D eigenvalue weighted by atomic mass is 10.1. The molecule has 2 aliphatic rings. The van der Waals surface area contributed by atoms with E-state index in [1.165, 1.54) is 6.07 Å². The van der Waals surface area contributed by atoms with Crippen LogP contribution in [0.15, 0.2) is 18.2 Å². The van der Waals surface area contributed by atoms with Crippen LogP contribution in [0.2, 0.25) is 0 Å². The highest BCUT2D eigenvalue weighted by molar-refractivity contribution is 5.99. The molecule has 2 unspecified atom stereocenters. The maximum Gasteiger partial charge on any atom is 0.307 e. The van der Waals surface area contributed by atoms with Gasteiger partial charge < -0.3 is 10.0 Å². The molecule has 1 aromatic carbocycles. The molecule has 2 atom stereocenters. The number of hydrogen-bond donors (Lipinski definition) is 1. The van der Waals surface area contributed by atoms with Crippen molar-refractivity contribution in [2.24, 2.45) is 5.92 Å². The number of halogens is 3. The van der Waals surface area contributed by atoms with Crippen molar-refractivity contribution < 1.29 is 23.5 Å². The van der Waals surface area contributed by atoms with Crippen molar-refractivity contribution in [3.8, 4) is 0 Å². The average molecular weight is 347 g/mol. The molecule has 1 aromatic rings. The Morgan fingerprint density at radius 3 is 2.39 bits per heavy atom. The van der Waals surface area contributed by atoms with Gasteiger partial charge in [0.2, 0.25) is 5.91 Å². The van der Waals surface area contributed by atoms with Crippen molar-refractivity contribution in [2.75, 3.05) is 24.5 Å². The molecule has 2 saturated heterocycles. The number of carboxylic acids is 1. The number of likely N-dealkylation sites (tertiary alicyclic amines) is 1. The summed E-state index contributed by atoms with van der Waals surface area (Å²) >= 11 is 0. The molecular formula is C15H17ClF2N2O3. The number of hydrogen-bond acceptors (Lipinski definition) is 3. The van der Waals surface area contributed by atoms with Gasteiger partial charge in [0.05, 0.1) is 12.0 Å². The fraction of sp³-hybridized carbons (Fsp3) is 0.467. The molecule has 126 valence electrons. The molecule has 0 aromatic heterocycles. The van der Waals surface area contributed by atoms with Crippen molar-refractivity contribution in [1.82, 2.24) is 4.90 Å². The van der Waals surface area contributed by atoms with Crippen LogP contribution >= 0.6 is 12.4 Å². The molecule has 0 aliphatic carbocycles. The number of benzene rings is 1. The molecular weight excluding hydrogens is 330 g/mol. The lowest BCUT2D eigenvalue weighted by Crippen LogP contribution is -2.41. The van der Waals surface area contributed by atoms with Crippen LogP contribution in [0.5, 0.6) is 0 Å². The van der Waals surface area contributed by atoms with E-state index in [2.05, 4.69) is 0 Å². The molecule has 23 heavy (non-hydrogen) atoms. The highest BCUT2D eigenvalue weighted by Gasteiger charge is 2.42. The molecule has 2 aliphatic heterocycles. The van der Waals surface area contributed by atoms with E-state index in [1.54, 1.807) is 4.90 Å². The Balaban J connectivity index is 0.00000192. The minimum absolute atomic E-state index is 0. The van der Waals surface area contributed by atoms with E-state index in [-0.39, 0.29) is 30.5 Å². The second-order valence-electron chi connectivity index (χ2n) is 5.68. The number of carboxylic acid groups (broad SMARTS) is 1. The third-order valence-electron chi connectivity index (χ3n) is 4.39. The lowest BCUT2D eigenvalue weighted by molar-refractivity contribution is -0.141. The van der Waals surface area contributed by atoms with Crippen molar-refractivity contribution >= 4 is 30.0 Å². The number of amides is 1. The summed E-state index contributed by atoms with van der Waals surface area (Å²) in [6.07, 6.45) is 0.937. The van der Waals surface area contributed by atoms with E-state index < -0.39 is 29.6 Å². The Morgan fingerprint density at radius 2 is 1.83 bits per heavy atom. The molecule has 0 saturated carbocycles. The number of anilines is 1. The van der Waals surface area contributed by atoms with Gasteiger partial charge >= 0.3 is 5.97 Å². The number of carbonyl (C=O) groups is 2. The van der Waals surface area contributed by atoms with Crippen LogP contribution in [0, 0.1) is 17.6 Å². The average Bonchev–Trinajstić information content (AvgIpc) is 3.06. The molecule has 8 heteroatoms. The molecule has 2 fully saturated rings. The standard InChI is InChI=1S/C15H16F2N2O3.ClH/c16-10-2-1-3-11(17)13(10)19-7-5-12(14(19)20)18-6-4-9(8-18)15(21)22;/h1-3,9,12H,4-8H2,(H,21,22);1H. The zero-order chi connectivity index (χ0) is 15.9. The number of carbonyl (C=O) groups excluding carboxylic acids is 1. The first-order valence-corrected chi connectivity index (χ1v) is 7.21. The fourth-order valence-electron chi connectivity index (χ4n) is 3.24. The van der Waals surface area contributed by atoms with Crippen molar-refractivity contribution in [1.29, 1.82) is 0 Å². The molecule has 0 spiro atoms. The van der Waals surface area contributed by atoms with Gasteiger partial charge in [-0.1, -0.05) is 6.07 Å². The fourth-order valence-corrected chi connectivity index (χ4v) is 3.24. The summed E-state index contributed by atoms with van der Waals surface area (Å²) in [4.78, 5) is 26.4. The van der Waals surface area contributed by atoms with E-state index in [9.17, 15) is 18.4 Å². The SMILES string of the molecule is Cl.O=C(O)C1CCN(C2CCN(c3c(F)cccc3F)C2=O)C1. The number of aliphatic carboxylic acids is 1. The minimum atomic E-state index is -0.870. The van der Waals surface area contributed by atoms with Gasteiger partial charge in [-0.2, -0.15) is 0 Å². The van der Waals surface area contributed by atoms with E-state index >= 15 is 0 Å². The molecule has 0 bridgehead atoms. The van der Waals surface area contributed by atoms with E-state index in [4.69, 9.17) is 5.11 Å². The summed E-state index contributed by atoms with van der Waals surface area (Å²) in [7, 11) is 0. The summed E-state index contributed by atoms with van der Waals surface area (Å²) in [5.41, 5.74) is -0.316. The Morgan fingerprint density at radius 1 is 1.17 bits per heavy atom. The van der Waals surface area contributed by atoms with Gasteiger partial charge in [-0.05, 0) is 31.5 Å². The predicted molar refractivity (Wildman–Crippen MR) is 81.7 cm³/mol. The lowest BCUT2D eigenvalue weighted by Gasteiger charge is -2.23. The normalized spacial score (nSPS) is 24.8. The summed E-state index contributed by atoms with van der Waals surface area (Å²) in [6.45, 7) is 1.05. The maximum absolute atomic E-state index is 13.8. The zero-order valence-electron chi connectivity index (χ0n) is 12.2. The molecule has 0 radical (unpaired) electrons. The Hall–Kier alpha value is -1.73. The molecule has 2 heterocycles. The highest BCUT2D eigenvalue weighted by atomic mass is 35.5. The Labute approximate surface area is 138 Å². The summed E-state index contributed by atoms with van der Waals surface area (Å²) in [5.74, 6) is -3.25. The quantitative estimate of drug-likeness (QED) is 0.908. The van der Waals surface area contributed by atoms with Crippen LogP contribution in [0.4, 0.5) is 14.5 Å². The summed E-state index contributed by atoms with van der Waals surface area (Å²) < 4.78 is 27.6. The van der Waals surface area contributed by atoms with Crippen LogP contribution in [0.1, 0.15) is 12.8 Å². The largest absolute Gasteiger partial charge is 0.481 e. The third kappa shape index (κ3) is 3.16. The number of para-hydroxylation sites is 1. The third-order valence-corrected chi connectivity index (χ3v) is 4.39. The monoisotopic (exact) mass is 346 g/mol. The van der Waals surface area contributed by atoms with Crippen molar-refractivity contribution in [3.05, 3.63) is 29.8 Å². The van der Waals surface area contributed by atoms with Gasteiger partial charge in [0.25, 0.3) is 0 Å². The van der Waals surface area contributed by atoms with Crippen LogP contribution in [0.3, 0.4) is 0 Å². The summed E-state index contributed by atoms with van der Waals surface area (Å²) in [6, 6.07) is 3.00. The van der Waals surface area contributed by atoms with Crippen LogP contribution < -0.4 is 4.90 Å². The maximum atomic E-state index is 13.8. The van der Waals surface area contributed by atoms with Gasteiger partial charge in [0.15, 0.2) is 0 Å². The van der Waals surface area contributed by atoms with Crippen molar-refractivity contribution in [2.45, 2.75) is 18.9 Å². The van der Waals surface area contributed by atoms with Gasteiger partial charge in [-0.25, -0.2) is 8.78 Å². The second-order valence-corrected chi connectivity index (χ2v) is 5.68. The molecule has 1 N–H and O–H groups in total. The first-order chi connectivity index (χ1) is 10.5. The zero-order valence-corrected chi connectivity index (χ0v) is 13.1. The van der Waals surface area contributed by atoms with E-state index in [0.29, 0.717) is 25.9 Å². The first kappa shape index (κ1) is 17.6. The minimum Gasteiger partial charge on any atom is -0.481 e. The Kier molecular flexibility index (Phi) is 5.21. The van der Waals surface area contributed by atoms with Gasteiger partial charge in [-0.15, -0.1) is 12.4 Å². The molecule has 5 nitrogen and oxygen atoms in total. The number of rotatable bonds is 3. The first-order valence-electron chi connectivity index (χ1n) is 7.21. The highest BCUT2D eigenvalue weighted by Crippen LogP contribution is 2.31. The van der Waals surface area contributed by atoms with E-state index in [0.717, 1.165) is 17.0 Å². The Bertz CT molecular complexity index is 608. The smallest absolute Gasteiger partial charge is 0.307 e. The van der Waals surface area contributed by atoms with Crippen LogP contribution in [-0.4, -0.2) is 47.6 Å². The predicted octanol–water partition coefficient (Wildman–Crippen LogP) is 1.90. The summed E-state index contributed by atoms with van der Waals surface area (Å²) in [5, 5.41) is 9.02. The van der Waals surface area contributed by atoms with Crippen molar-refractivity contribution in [3.63, 3.8) is 0 Å². The molecule has 1 amide bonds. The van der Waals surface area contributed by atoms with E-state index in [1.807, 2.05) is 0 Å². The molecule has 3 rings (SSSR count). The van der Waals surface area contributed by atoms with Gasteiger partial charge in [0.1, 0.15) is 17.3 Å². The van der Waals surface area contributed by atoms with Crippen LogP contribution in [-0.2, 0) is 9.59 Å². The van der Waals surface area contributed by atoms with Gasteiger partial charge in [-0.3, -0.25) is 14.5 Å². The topological polar surface area (TPSA) is 60.9 Å². The second kappa shape index (κ2) is 6.80. The van der Waals surface area contributed by atoms with Crippen LogP contribution in [0.25, 0.3) is 0 Å².